The van der Waals surface area contributed by atoms with Crippen molar-refractivity contribution in [3.63, 3.8) is 0 Å². The number of amides is 2. The van der Waals surface area contributed by atoms with E-state index in [1.807, 2.05) is 12.3 Å². The smallest absolute Gasteiger partial charge is 0.262 e. The molecule has 4 rings (SSSR count). The van der Waals surface area contributed by atoms with Gasteiger partial charge >= 0.3 is 0 Å². The molecule has 1 saturated heterocycles. The number of thiophene rings is 1. The van der Waals surface area contributed by atoms with E-state index in [-0.39, 0.29) is 17.4 Å². The second kappa shape index (κ2) is 6.50. The van der Waals surface area contributed by atoms with Crippen LogP contribution in [0.3, 0.4) is 0 Å². The van der Waals surface area contributed by atoms with Crippen LogP contribution >= 0.6 is 11.3 Å². The van der Waals surface area contributed by atoms with Gasteiger partial charge in [0, 0.05) is 39.0 Å². The van der Waals surface area contributed by atoms with E-state index in [4.69, 9.17) is 0 Å². The predicted octanol–water partition coefficient (Wildman–Crippen LogP) is 1.16. The molecule has 0 spiro atoms. The Morgan fingerprint density at radius 3 is 2.73 bits per heavy atom. The van der Waals surface area contributed by atoms with Crippen molar-refractivity contribution in [3.8, 4) is 0 Å². The van der Waals surface area contributed by atoms with Gasteiger partial charge in [-0.05, 0) is 31.2 Å². The van der Waals surface area contributed by atoms with E-state index in [1.165, 1.54) is 11.3 Å². The Labute approximate surface area is 155 Å². The lowest BCUT2D eigenvalue weighted by atomic mass is 10.2. The second-order valence-corrected chi connectivity index (χ2v) is 7.88. The van der Waals surface area contributed by atoms with E-state index in [0.717, 1.165) is 22.6 Å². The summed E-state index contributed by atoms with van der Waals surface area (Å²) in [6.07, 6.45) is 1.89. The lowest BCUT2D eigenvalue weighted by molar-refractivity contribution is -0.142. The molecule has 0 N–H and O–H groups in total. The molecule has 26 heavy (non-hydrogen) atoms. The maximum Gasteiger partial charge on any atom is 0.262 e. The van der Waals surface area contributed by atoms with Crippen LogP contribution in [0.1, 0.15) is 31.2 Å². The molecule has 0 aliphatic carbocycles. The number of nitrogens with zero attached hydrogens (tertiary/aromatic N) is 4. The van der Waals surface area contributed by atoms with Gasteiger partial charge in [0.25, 0.3) is 5.56 Å². The van der Waals surface area contributed by atoms with Crippen LogP contribution in [0.25, 0.3) is 10.2 Å². The summed E-state index contributed by atoms with van der Waals surface area (Å²) in [6.45, 7) is 5.81. The Bertz CT molecular complexity index is 948. The molecular weight excluding hydrogens is 352 g/mol. The Morgan fingerprint density at radius 1 is 1.19 bits per heavy atom. The minimum atomic E-state index is -0.443. The fraction of sp³-hybridized carbons (Fsp3) is 0.556. The first-order valence-corrected chi connectivity index (χ1v) is 9.91. The van der Waals surface area contributed by atoms with Crippen LogP contribution in [-0.2, 0) is 22.6 Å². The average molecular weight is 374 g/mol. The van der Waals surface area contributed by atoms with E-state index >= 15 is 0 Å². The summed E-state index contributed by atoms with van der Waals surface area (Å²) in [7, 11) is 0. The highest BCUT2D eigenvalue weighted by Crippen LogP contribution is 2.22. The quantitative estimate of drug-likeness (QED) is 0.791. The Hall–Kier alpha value is -2.22. The maximum absolute atomic E-state index is 12.9. The fourth-order valence-electron chi connectivity index (χ4n) is 3.89. The number of aromatic nitrogens is 2. The van der Waals surface area contributed by atoms with E-state index in [9.17, 15) is 14.4 Å². The number of hydrogen-bond acceptors (Lipinski definition) is 5. The number of hydrogen-bond donors (Lipinski definition) is 0. The Balaban J connectivity index is 1.57. The van der Waals surface area contributed by atoms with Crippen molar-refractivity contribution in [3.05, 3.63) is 27.1 Å². The lowest BCUT2D eigenvalue weighted by Gasteiger charge is -2.29. The molecule has 138 valence electrons. The molecule has 1 atom stereocenters. The molecule has 4 heterocycles. The van der Waals surface area contributed by atoms with Crippen LogP contribution in [0.2, 0.25) is 0 Å². The van der Waals surface area contributed by atoms with Gasteiger partial charge in [0.15, 0.2) is 0 Å². The van der Waals surface area contributed by atoms with Crippen molar-refractivity contribution in [2.24, 2.45) is 0 Å². The van der Waals surface area contributed by atoms with Gasteiger partial charge in [0.05, 0.1) is 5.39 Å². The van der Waals surface area contributed by atoms with Crippen LogP contribution in [-0.4, -0.2) is 56.8 Å². The van der Waals surface area contributed by atoms with Crippen LogP contribution in [0.4, 0.5) is 0 Å². The van der Waals surface area contributed by atoms with Crippen LogP contribution < -0.4 is 5.56 Å². The third kappa shape index (κ3) is 2.72. The molecule has 0 aromatic carbocycles. The van der Waals surface area contributed by atoms with Gasteiger partial charge in [0.1, 0.15) is 16.7 Å². The van der Waals surface area contributed by atoms with Gasteiger partial charge in [-0.2, -0.15) is 0 Å². The average Bonchev–Trinajstić information content (AvgIpc) is 3.14. The molecule has 1 fully saturated rings. The minimum absolute atomic E-state index is 0.0131. The summed E-state index contributed by atoms with van der Waals surface area (Å²) in [4.78, 5) is 46.5. The normalized spacial score (nSPS) is 18.9. The van der Waals surface area contributed by atoms with Crippen molar-refractivity contribution < 1.29 is 9.59 Å². The molecule has 0 radical (unpaired) electrons. The SMILES string of the molecule is Cc1csc2nc3n(c(=O)c12)CCN(C(=O)C(C)N1CCCC1=O)CC3. The number of carbonyl (C=O) groups excluding carboxylic acids is 2. The number of fused-ring (bicyclic) bond motifs is 2. The van der Waals surface area contributed by atoms with Gasteiger partial charge in [-0.3, -0.25) is 19.0 Å². The Morgan fingerprint density at radius 2 is 2.00 bits per heavy atom. The largest absolute Gasteiger partial charge is 0.339 e. The van der Waals surface area contributed by atoms with E-state index in [1.54, 1.807) is 21.3 Å². The van der Waals surface area contributed by atoms with Gasteiger partial charge in [-0.1, -0.05) is 0 Å². The molecule has 2 aromatic rings. The highest BCUT2D eigenvalue weighted by atomic mass is 32.1. The van der Waals surface area contributed by atoms with Gasteiger partial charge in [-0.15, -0.1) is 11.3 Å². The first-order chi connectivity index (χ1) is 12.5. The molecule has 0 saturated carbocycles. The van der Waals surface area contributed by atoms with Gasteiger partial charge < -0.3 is 9.80 Å². The van der Waals surface area contributed by atoms with Crippen molar-refractivity contribution >= 4 is 33.4 Å². The molecule has 2 aliphatic rings. The van der Waals surface area contributed by atoms with Crippen LogP contribution in [0, 0.1) is 6.92 Å². The van der Waals surface area contributed by atoms with E-state index in [0.29, 0.717) is 44.4 Å². The Kier molecular flexibility index (Phi) is 4.30. The highest BCUT2D eigenvalue weighted by Gasteiger charge is 2.32. The van der Waals surface area contributed by atoms with Crippen molar-refractivity contribution in [2.75, 3.05) is 19.6 Å². The molecule has 2 aromatic heterocycles. The molecule has 8 heteroatoms. The van der Waals surface area contributed by atoms with Gasteiger partial charge in [0.2, 0.25) is 11.8 Å². The monoisotopic (exact) mass is 374 g/mol. The van der Waals surface area contributed by atoms with Crippen LogP contribution in [0.15, 0.2) is 10.2 Å². The van der Waals surface area contributed by atoms with Crippen molar-refractivity contribution in [1.29, 1.82) is 0 Å². The summed E-state index contributed by atoms with van der Waals surface area (Å²) in [6, 6.07) is -0.443. The van der Waals surface area contributed by atoms with E-state index < -0.39 is 6.04 Å². The second-order valence-electron chi connectivity index (χ2n) is 7.03. The summed E-state index contributed by atoms with van der Waals surface area (Å²) < 4.78 is 1.71. The molecule has 7 nitrogen and oxygen atoms in total. The molecule has 2 aliphatic heterocycles. The zero-order valence-corrected chi connectivity index (χ0v) is 15.8. The number of likely N-dealkylation sites (tertiary alicyclic amines) is 1. The first-order valence-electron chi connectivity index (χ1n) is 9.03. The number of carbonyl (C=O) groups is 2. The molecule has 1 unspecified atom stereocenters. The number of rotatable bonds is 2. The van der Waals surface area contributed by atoms with Crippen LogP contribution in [0.5, 0.6) is 0 Å². The third-order valence-electron chi connectivity index (χ3n) is 5.40. The topological polar surface area (TPSA) is 75.5 Å². The summed E-state index contributed by atoms with van der Waals surface area (Å²) >= 11 is 1.49. The zero-order valence-electron chi connectivity index (χ0n) is 15.0. The summed E-state index contributed by atoms with van der Waals surface area (Å²) in [5.74, 6) is 0.751. The number of aryl methyl sites for hydroxylation is 1. The molecule has 0 bridgehead atoms. The molecule has 2 amide bonds. The van der Waals surface area contributed by atoms with Crippen molar-refractivity contribution in [2.45, 2.75) is 45.7 Å². The maximum atomic E-state index is 12.9. The molecular formula is C18H22N4O3S. The van der Waals surface area contributed by atoms with Crippen molar-refractivity contribution in [1.82, 2.24) is 19.4 Å². The summed E-state index contributed by atoms with van der Waals surface area (Å²) in [5, 5.41) is 2.65. The van der Waals surface area contributed by atoms with E-state index in [2.05, 4.69) is 4.98 Å². The fourth-order valence-corrected chi connectivity index (χ4v) is 4.82. The standard InChI is InChI=1S/C18H22N4O3S/c1-11-10-26-16-15(11)18(25)22-9-8-20(7-5-13(22)19-16)17(24)12(2)21-6-3-4-14(21)23/h10,12H,3-9H2,1-2H3. The lowest BCUT2D eigenvalue weighted by Crippen LogP contribution is -2.48. The zero-order chi connectivity index (χ0) is 18.4. The highest BCUT2D eigenvalue weighted by molar-refractivity contribution is 7.16. The third-order valence-corrected chi connectivity index (χ3v) is 6.39. The predicted molar refractivity (Wildman–Crippen MR) is 99.3 cm³/mol. The first kappa shape index (κ1) is 17.2. The van der Waals surface area contributed by atoms with Gasteiger partial charge in [-0.25, -0.2) is 4.98 Å². The minimum Gasteiger partial charge on any atom is -0.339 e. The summed E-state index contributed by atoms with van der Waals surface area (Å²) in [5.41, 5.74) is 0.942.